The molecule has 0 atom stereocenters. The lowest BCUT2D eigenvalue weighted by Gasteiger charge is -2.23. The zero-order valence-corrected chi connectivity index (χ0v) is 11.6. The standard InChI is InChI=1S/C15H13F2NO4/c16-15(17)21-11-6-4-10(9-12(11)22-15)5-7-14(20)18-8-2-1-3-13(18)19/h4-7,9H,1-3,8H2/b7-5+. The van der Waals surface area contributed by atoms with Crippen molar-refractivity contribution < 1.29 is 27.8 Å². The number of fused-ring (bicyclic) bond motifs is 1. The molecule has 7 heteroatoms. The molecule has 0 spiro atoms. The van der Waals surface area contributed by atoms with Crippen LogP contribution in [0.3, 0.4) is 0 Å². The third kappa shape index (κ3) is 2.93. The summed E-state index contributed by atoms with van der Waals surface area (Å²) in [5.74, 6) is -0.743. The Bertz CT molecular complexity index is 657. The van der Waals surface area contributed by atoms with Crippen molar-refractivity contribution in [3.63, 3.8) is 0 Å². The average Bonchev–Trinajstić information content (AvgIpc) is 2.78. The number of nitrogens with zero attached hydrogens (tertiary/aromatic N) is 1. The van der Waals surface area contributed by atoms with Crippen molar-refractivity contribution in [2.45, 2.75) is 25.6 Å². The van der Waals surface area contributed by atoms with Crippen molar-refractivity contribution in [1.29, 1.82) is 0 Å². The van der Waals surface area contributed by atoms with Gasteiger partial charge in [0.25, 0.3) is 5.91 Å². The number of alkyl halides is 2. The van der Waals surface area contributed by atoms with Crippen LogP contribution in [0.5, 0.6) is 11.5 Å². The maximum atomic E-state index is 12.9. The molecule has 0 aliphatic carbocycles. The van der Waals surface area contributed by atoms with Crippen LogP contribution in [0.2, 0.25) is 0 Å². The molecule has 0 saturated carbocycles. The van der Waals surface area contributed by atoms with Gasteiger partial charge in [-0.25, -0.2) is 0 Å². The number of carbonyl (C=O) groups excluding carboxylic acids is 2. The van der Waals surface area contributed by atoms with E-state index in [1.54, 1.807) is 0 Å². The zero-order chi connectivity index (χ0) is 15.7. The molecule has 2 aliphatic rings. The second kappa shape index (κ2) is 5.40. The van der Waals surface area contributed by atoms with Crippen LogP contribution in [-0.4, -0.2) is 29.6 Å². The SMILES string of the molecule is O=C(/C=C/c1ccc2c(c1)OC(F)(F)O2)N1CCCCC1=O. The fourth-order valence-corrected chi connectivity index (χ4v) is 2.37. The van der Waals surface area contributed by atoms with E-state index in [-0.39, 0.29) is 17.4 Å². The summed E-state index contributed by atoms with van der Waals surface area (Å²) in [7, 11) is 0. The molecule has 3 rings (SSSR count). The molecule has 0 radical (unpaired) electrons. The normalized spacial score (nSPS) is 19.7. The van der Waals surface area contributed by atoms with Gasteiger partial charge in [-0.2, -0.15) is 0 Å². The van der Waals surface area contributed by atoms with Crippen LogP contribution in [0.25, 0.3) is 6.08 Å². The predicted octanol–water partition coefficient (Wildman–Crippen LogP) is 2.56. The Hall–Kier alpha value is -2.44. The van der Waals surface area contributed by atoms with Crippen LogP contribution in [-0.2, 0) is 9.59 Å². The number of rotatable bonds is 2. The monoisotopic (exact) mass is 309 g/mol. The molecule has 1 fully saturated rings. The number of benzene rings is 1. The molecule has 0 unspecified atom stereocenters. The molecule has 1 saturated heterocycles. The third-order valence-electron chi connectivity index (χ3n) is 3.43. The largest absolute Gasteiger partial charge is 0.586 e. The maximum Gasteiger partial charge on any atom is 0.586 e. The molecule has 22 heavy (non-hydrogen) atoms. The summed E-state index contributed by atoms with van der Waals surface area (Å²) in [6.45, 7) is 0.412. The fraction of sp³-hybridized carbons (Fsp3) is 0.333. The Morgan fingerprint density at radius 1 is 1.23 bits per heavy atom. The summed E-state index contributed by atoms with van der Waals surface area (Å²) < 4.78 is 34.4. The van der Waals surface area contributed by atoms with Gasteiger partial charge in [-0.15, -0.1) is 8.78 Å². The summed E-state index contributed by atoms with van der Waals surface area (Å²) in [4.78, 5) is 24.8. The van der Waals surface area contributed by atoms with E-state index in [9.17, 15) is 18.4 Å². The van der Waals surface area contributed by atoms with Crippen molar-refractivity contribution in [3.05, 3.63) is 29.8 Å². The molecule has 0 bridgehead atoms. The van der Waals surface area contributed by atoms with Gasteiger partial charge in [-0.3, -0.25) is 14.5 Å². The number of hydrogen-bond acceptors (Lipinski definition) is 4. The highest BCUT2D eigenvalue weighted by Crippen LogP contribution is 2.41. The molecular weight excluding hydrogens is 296 g/mol. The van der Waals surface area contributed by atoms with E-state index in [0.29, 0.717) is 18.5 Å². The topological polar surface area (TPSA) is 55.8 Å². The summed E-state index contributed by atoms with van der Waals surface area (Å²) in [5, 5.41) is 0. The van der Waals surface area contributed by atoms with Crippen LogP contribution in [0.15, 0.2) is 24.3 Å². The van der Waals surface area contributed by atoms with E-state index < -0.39 is 12.2 Å². The number of likely N-dealkylation sites (tertiary alicyclic amines) is 1. The summed E-state index contributed by atoms with van der Waals surface area (Å²) in [6, 6.07) is 4.20. The molecule has 116 valence electrons. The number of amides is 2. The molecule has 0 aromatic heterocycles. The van der Waals surface area contributed by atoms with Gasteiger partial charge in [0.1, 0.15) is 0 Å². The van der Waals surface area contributed by atoms with Crippen molar-refractivity contribution in [2.75, 3.05) is 6.54 Å². The molecule has 0 N–H and O–H groups in total. The van der Waals surface area contributed by atoms with Gasteiger partial charge >= 0.3 is 6.29 Å². The lowest BCUT2D eigenvalue weighted by atomic mass is 10.1. The first-order valence-corrected chi connectivity index (χ1v) is 6.87. The van der Waals surface area contributed by atoms with Crippen LogP contribution >= 0.6 is 0 Å². The minimum absolute atomic E-state index is 0.0558. The second-order valence-electron chi connectivity index (χ2n) is 5.05. The maximum absolute atomic E-state index is 12.9. The Balaban J connectivity index is 1.71. The average molecular weight is 309 g/mol. The third-order valence-corrected chi connectivity index (χ3v) is 3.43. The molecule has 1 aromatic rings. The quantitative estimate of drug-likeness (QED) is 0.788. The van der Waals surface area contributed by atoms with Crippen molar-refractivity contribution in [2.24, 2.45) is 0 Å². The van der Waals surface area contributed by atoms with Crippen LogP contribution in [0.4, 0.5) is 8.78 Å². The van der Waals surface area contributed by atoms with Crippen LogP contribution in [0, 0.1) is 0 Å². The smallest absolute Gasteiger partial charge is 0.395 e. The molecule has 5 nitrogen and oxygen atoms in total. The lowest BCUT2D eigenvalue weighted by molar-refractivity contribution is -0.286. The van der Waals surface area contributed by atoms with Gasteiger partial charge < -0.3 is 9.47 Å². The first-order chi connectivity index (χ1) is 10.4. The fourth-order valence-electron chi connectivity index (χ4n) is 2.37. The van der Waals surface area contributed by atoms with Crippen LogP contribution in [0.1, 0.15) is 24.8 Å². The minimum atomic E-state index is -3.67. The first-order valence-electron chi connectivity index (χ1n) is 6.87. The van der Waals surface area contributed by atoms with Gasteiger partial charge in [0.15, 0.2) is 11.5 Å². The number of imide groups is 1. The number of carbonyl (C=O) groups is 2. The number of halogens is 2. The predicted molar refractivity (Wildman–Crippen MR) is 72.3 cm³/mol. The molecule has 2 heterocycles. The van der Waals surface area contributed by atoms with Gasteiger partial charge in [0, 0.05) is 19.0 Å². The Morgan fingerprint density at radius 3 is 2.77 bits per heavy atom. The molecule has 1 aromatic carbocycles. The van der Waals surface area contributed by atoms with E-state index in [2.05, 4.69) is 9.47 Å². The van der Waals surface area contributed by atoms with Gasteiger partial charge in [-0.05, 0) is 36.6 Å². The van der Waals surface area contributed by atoms with Gasteiger partial charge in [0.05, 0.1) is 0 Å². The number of hydrogen-bond donors (Lipinski definition) is 0. The molecular formula is C15H13F2NO4. The van der Waals surface area contributed by atoms with E-state index >= 15 is 0 Å². The van der Waals surface area contributed by atoms with Crippen molar-refractivity contribution in [3.8, 4) is 11.5 Å². The number of ether oxygens (including phenoxy) is 2. The van der Waals surface area contributed by atoms with Crippen molar-refractivity contribution in [1.82, 2.24) is 4.90 Å². The minimum Gasteiger partial charge on any atom is -0.395 e. The number of piperidine rings is 1. The van der Waals surface area contributed by atoms with E-state index in [0.717, 1.165) is 12.8 Å². The zero-order valence-electron chi connectivity index (χ0n) is 11.6. The summed E-state index contributed by atoms with van der Waals surface area (Å²) in [6.07, 6.45) is 0.996. The first kappa shape index (κ1) is 14.5. The van der Waals surface area contributed by atoms with E-state index in [4.69, 9.17) is 0 Å². The highest BCUT2D eigenvalue weighted by molar-refractivity contribution is 6.03. The highest BCUT2D eigenvalue weighted by Gasteiger charge is 2.43. The van der Waals surface area contributed by atoms with E-state index in [1.807, 2.05) is 0 Å². The molecule has 2 amide bonds. The Labute approximate surface area is 125 Å². The van der Waals surface area contributed by atoms with Gasteiger partial charge in [0.2, 0.25) is 5.91 Å². The van der Waals surface area contributed by atoms with Gasteiger partial charge in [-0.1, -0.05) is 6.07 Å². The highest BCUT2D eigenvalue weighted by atomic mass is 19.3. The summed E-state index contributed by atoms with van der Waals surface area (Å²) >= 11 is 0. The summed E-state index contributed by atoms with van der Waals surface area (Å²) in [5.41, 5.74) is 0.498. The second-order valence-corrected chi connectivity index (χ2v) is 5.05. The lowest BCUT2D eigenvalue weighted by Crippen LogP contribution is -2.39. The van der Waals surface area contributed by atoms with Crippen LogP contribution < -0.4 is 9.47 Å². The van der Waals surface area contributed by atoms with Crippen molar-refractivity contribution >= 4 is 17.9 Å². The van der Waals surface area contributed by atoms with E-state index in [1.165, 1.54) is 35.3 Å². The Kier molecular flexibility index (Phi) is 3.56. The molecule has 2 aliphatic heterocycles. The Morgan fingerprint density at radius 2 is 2.00 bits per heavy atom.